The highest BCUT2D eigenvalue weighted by molar-refractivity contribution is 9.10. The monoisotopic (exact) mass is 336 g/mol. The van der Waals surface area contributed by atoms with Crippen LogP contribution < -0.4 is 11.1 Å². The molecule has 0 bridgehead atoms. The molecule has 2 rings (SSSR count). The highest BCUT2D eigenvalue weighted by atomic mass is 79.9. The quantitative estimate of drug-likeness (QED) is 0.851. The Morgan fingerprint density at radius 3 is 2.58 bits per heavy atom. The second-order valence-electron chi connectivity index (χ2n) is 4.99. The average molecular weight is 337 g/mol. The molecular weight excluding hydrogens is 321 g/mol. The minimum atomic E-state index is -4.33. The summed E-state index contributed by atoms with van der Waals surface area (Å²) in [7, 11) is 0. The molecule has 0 amide bonds. The molecule has 1 aromatic carbocycles. The maximum absolute atomic E-state index is 12.7. The topological polar surface area (TPSA) is 38.0 Å². The Morgan fingerprint density at radius 1 is 1.21 bits per heavy atom. The summed E-state index contributed by atoms with van der Waals surface area (Å²) in [4.78, 5) is 0. The van der Waals surface area contributed by atoms with Gasteiger partial charge >= 0.3 is 6.18 Å². The fourth-order valence-electron chi connectivity index (χ4n) is 2.43. The summed E-state index contributed by atoms with van der Waals surface area (Å²) in [6.07, 6.45) is -0.581. The van der Waals surface area contributed by atoms with E-state index in [1.54, 1.807) is 6.07 Å². The first-order valence-corrected chi connectivity index (χ1v) is 7.04. The number of halogens is 4. The molecule has 19 heavy (non-hydrogen) atoms. The van der Waals surface area contributed by atoms with Gasteiger partial charge in [0.05, 0.1) is 5.56 Å². The van der Waals surface area contributed by atoms with Crippen molar-refractivity contribution in [3.63, 3.8) is 0 Å². The van der Waals surface area contributed by atoms with Crippen molar-refractivity contribution in [2.75, 3.05) is 5.32 Å². The van der Waals surface area contributed by atoms with Gasteiger partial charge in [0.2, 0.25) is 0 Å². The van der Waals surface area contributed by atoms with Crippen LogP contribution in [0.15, 0.2) is 22.7 Å². The molecule has 0 radical (unpaired) electrons. The summed E-state index contributed by atoms with van der Waals surface area (Å²) in [5.41, 5.74) is 5.72. The van der Waals surface area contributed by atoms with Crippen LogP contribution in [0.3, 0.4) is 0 Å². The van der Waals surface area contributed by atoms with Crippen molar-refractivity contribution in [3.05, 3.63) is 28.2 Å². The van der Waals surface area contributed by atoms with E-state index in [1.807, 2.05) is 0 Å². The number of nitrogens with one attached hydrogen (secondary N) is 1. The van der Waals surface area contributed by atoms with E-state index in [2.05, 4.69) is 21.2 Å². The lowest BCUT2D eigenvalue weighted by Gasteiger charge is -2.28. The van der Waals surface area contributed by atoms with E-state index in [1.165, 1.54) is 0 Å². The van der Waals surface area contributed by atoms with E-state index in [0.29, 0.717) is 10.2 Å². The molecule has 3 N–H and O–H groups in total. The first-order valence-electron chi connectivity index (χ1n) is 6.24. The van der Waals surface area contributed by atoms with E-state index in [4.69, 9.17) is 5.73 Å². The number of hydrogen-bond donors (Lipinski definition) is 2. The van der Waals surface area contributed by atoms with Gasteiger partial charge in [0, 0.05) is 22.2 Å². The van der Waals surface area contributed by atoms with Crippen LogP contribution in [0, 0.1) is 0 Å². The molecule has 0 saturated heterocycles. The van der Waals surface area contributed by atoms with Gasteiger partial charge in [0.1, 0.15) is 0 Å². The highest BCUT2D eigenvalue weighted by Gasteiger charge is 2.31. The fraction of sp³-hybridized carbons (Fsp3) is 0.538. The molecule has 2 atom stereocenters. The Bertz CT molecular complexity index is 448. The number of nitrogens with two attached hydrogens (primary N) is 1. The Labute approximate surface area is 118 Å². The summed E-state index contributed by atoms with van der Waals surface area (Å²) in [6.45, 7) is 0. The Kier molecular flexibility index (Phi) is 4.40. The summed E-state index contributed by atoms with van der Waals surface area (Å²) in [5, 5.41) is 3.15. The minimum Gasteiger partial charge on any atom is -0.382 e. The number of benzene rings is 1. The van der Waals surface area contributed by atoms with Gasteiger partial charge in [-0.2, -0.15) is 13.2 Å². The van der Waals surface area contributed by atoms with Gasteiger partial charge in [-0.3, -0.25) is 0 Å². The van der Waals surface area contributed by atoms with E-state index in [0.717, 1.165) is 37.8 Å². The molecule has 1 saturated carbocycles. The maximum Gasteiger partial charge on any atom is 0.416 e. The molecule has 0 aromatic heterocycles. The van der Waals surface area contributed by atoms with Crippen LogP contribution in [0.1, 0.15) is 31.2 Å². The van der Waals surface area contributed by atoms with Crippen LogP contribution in [0.4, 0.5) is 18.9 Å². The molecule has 0 aliphatic heterocycles. The zero-order valence-corrected chi connectivity index (χ0v) is 11.9. The maximum atomic E-state index is 12.7. The highest BCUT2D eigenvalue weighted by Crippen LogP contribution is 2.34. The molecule has 6 heteroatoms. The predicted octanol–water partition coefficient (Wildman–Crippen LogP) is 4.15. The molecule has 2 nitrogen and oxygen atoms in total. The van der Waals surface area contributed by atoms with Crippen LogP contribution in [0.2, 0.25) is 0 Å². The van der Waals surface area contributed by atoms with E-state index < -0.39 is 11.7 Å². The number of anilines is 1. The minimum absolute atomic E-state index is 0.139. The Morgan fingerprint density at radius 2 is 1.95 bits per heavy atom. The molecule has 0 spiro atoms. The molecule has 2 unspecified atom stereocenters. The second-order valence-corrected chi connectivity index (χ2v) is 5.91. The third-order valence-electron chi connectivity index (χ3n) is 3.31. The molecule has 1 fully saturated rings. The third-order valence-corrected chi connectivity index (χ3v) is 3.77. The number of rotatable bonds is 2. The van der Waals surface area contributed by atoms with Gasteiger partial charge in [-0.05, 0) is 43.9 Å². The number of alkyl halides is 3. The third kappa shape index (κ3) is 4.11. The first-order chi connectivity index (χ1) is 8.84. The van der Waals surface area contributed by atoms with E-state index >= 15 is 0 Å². The summed E-state index contributed by atoms with van der Waals surface area (Å²) in [6, 6.07) is 4.18. The van der Waals surface area contributed by atoms with Crippen LogP contribution in [0.25, 0.3) is 0 Å². The molecule has 1 aliphatic carbocycles. The second kappa shape index (κ2) is 5.71. The van der Waals surface area contributed by atoms with Crippen molar-refractivity contribution in [2.24, 2.45) is 5.73 Å². The molecular formula is C13H16BrF3N2. The van der Waals surface area contributed by atoms with E-state index in [9.17, 15) is 13.2 Å². The lowest BCUT2D eigenvalue weighted by atomic mass is 9.91. The largest absolute Gasteiger partial charge is 0.416 e. The molecule has 0 heterocycles. The van der Waals surface area contributed by atoms with Gasteiger partial charge in [-0.15, -0.1) is 0 Å². The van der Waals surface area contributed by atoms with Gasteiger partial charge in [0.25, 0.3) is 0 Å². The summed E-state index contributed by atoms with van der Waals surface area (Å²) < 4.78 is 38.6. The van der Waals surface area contributed by atoms with Crippen LogP contribution >= 0.6 is 15.9 Å². The fourth-order valence-corrected chi connectivity index (χ4v) is 2.92. The molecule has 106 valence electrons. The zero-order valence-electron chi connectivity index (χ0n) is 10.3. The first kappa shape index (κ1) is 14.7. The van der Waals surface area contributed by atoms with E-state index in [-0.39, 0.29) is 12.1 Å². The Balaban J connectivity index is 2.14. The van der Waals surface area contributed by atoms with Gasteiger partial charge in [-0.1, -0.05) is 15.9 Å². The number of hydrogen-bond acceptors (Lipinski definition) is 2. The molecule has 1 aromatic rings. The van der Waals surface area contributed by atoms with Crippen molar-refractivity contribution in [2.45, 2.75) is 43.9 Å². The average Bonchev–Trinajstić information content (AvgIpc) is 2.26. The summed E-state index contributed by atoms with van der Waals surface area (Å²) in [5.74, 6) is 0. The predicted molar refractivity (Wildman–Crippen MR) is 73.0 cm³/mol. The van der Waals surface area contributed by atoms with Crippen molar-refractivity contribution in [1.82, 2.24) is 0 Å². The van der Waals surface area contributed by atoms with Crippen LogP contribution in [-0.4, -0.2) is 12.1 Å². The van der Waals surface area contributed by atoms with Gasteiger partial charge in [0.15, 0.2) is 0 Å². The van der Waals surface area contributed by atoms with Gasteiger partial charge < -0.3 is 11.1 Å². The SMILES string of the molecule is NC1CCCC(Nc2cc(Br)cc(C(F)(F)F)c2)C1. The van der Waals surface area contributed by atoms with Gasteiger partial charge in [-0.25, -0.2) is 0 Å². The Hall–Kier alpha value is -0.750. The smallest absolute Gasteiger partial charge is 0.382 e. The van der Waals surface area contributed by atoms with Crippen LogP contribution in [0.5, 0.6) is 0 Å². The van der Waals surface area contributed by atoms with Crippen LogP contribution in [-0.2, 0) is 6.18 Å². The zero-order chi connectivity index (χ0) is 14.0. The lowest BCUT2D eigenvalue weighted by Crippen LogP contribution is -2.34. The van der Waals surface area contributed by atoms with Crippen molar-refractivity contribution in [3.8, 4) is 0 Å². The van der Waals surface area contributed by atoms with Crippen molar-refractivity contribution in [1.29, 1.82) is 0 Å². The molecule has 1 aliphatic rings. The van der Waals surface area contributed by atoms with Crippen molar-refractivity contribution < 1.29 is 13.2 Å². The lowest BCUT2D eigenvalue weighted by molar-refractivity contribution is -0.137. The normalized spacial score (nSPS) is 24.3. The standard InChI is InChI=1S/C13H16BrF3N2/c14-9-4-8(13(15,16)17)5-12(6-9)19-11-3-1-2-10(18)7-11/h4-6,10-11,19H,1-3,7,18H2. The van der Waals surface area contributed by atoms with Crippen molar-refractivity contribution >= 4 is 21.6 Å². The summed E-state index contributed by atoms with van der Waals surface area (Å²) >= 11 is 3.12.